The topological polar surface area (TPSA) is 44.9 Å². The molecule has 4 heteroatoms. The van der Waals surface area contributed by atoms with Gasteiger partial charge in [0.2, 0.25) is 0 Å². The van der Waals surface area contributed by atoms with E-state index in [4.69, 9.17) is 0 Å². The van der Waals surface area contributed by atoms with Gasteiger partial charge in [-0.3, -0.25) is 4.21 Å². The average molecular weight is 405 g/mol. The van der Waals surface area contributed by atoms with Crippen LogP contribution in [0.4, 0.5) is 0 Å². The number of hydrogen-bond donors (Lipinski definition) is 2. The van der Waals surface area contributed by atoms with E-state index in [-0.39, 0.29) is 0 Å². The summed E-state index contributed by atoms with van der Waals surface area (Å²) in [5, 5.41) is 5.00. The number of rotatable bonds is 4. The Labute approximate surface area is 175 Å². The van der Waals surface area contributed by atoms with E-state index >= 15 is 0 Å². The Morgan fingerprint density at radius 1 is 1.10 bits per heavy atom. The minimum atomic E-state index is -0.937. The highest BCUT2D eigenvalue weighted by molar-refractivity contribution is 7.84. The van der Waals surface area contributed by atoms with Gasteiger partial charge in [-0.2, -0.15) is 0 Å². The van der Waals surface area contributed by atoms with Crippen LogP contribution in [0.15, 0.2) is 59.5 Å². The first-order valence-electron chi connectivity index (χ1n) is 10.6. The molecule has 3 unspecified atom stereocenters. The highest BCUT2D eigenvalue weighted by atomic mass is 32.2. The third-order valence-electron chi connectivity index (χ3n) is 6.58. The number of H-pyrrole nitrogens is 1. The summed E-state index contributed by atoms with van der Waals surface area (Å²) >= 11 is 0. The summed E-state index contributed by atoms with van der Waals surface area (Å²) in [4.78, 5) is 4.54. The highest BCUT2D eigenvalue weighted by Gasteiger charge is 2.26. The number of aromatic nitrogens is 1. The smallest absolute Gasteiger partial charge is 0.0498 e. The summed E-state index contributed by atoms with van der Waals surface area (Å²) in [7, 11) is -0.937. The first kappa shape index (κ1) is 18.8. The van der Waals surface area contributed by atoms with Crippen molar-refractivity contribution < 1.29 is 4.21 Å². The zero-order valence-electron chi connectivity index (χ0n) is 16.9. The molecular formula is C25H28N2OS. The SMILES string of the molecule is CS(=O)c1ccc2[nH]c3c(c2c1)CC(CC1CC(c2ccccc2)=CCN1)CC3. The van der Waals surface area contributed by atoms with Crippen molar-refractivity contribution in [3.8, 4) is 0 Å². The fraction of sp³-hybridized carbons (Fsp3) is 0.360. The molecule has 0 amide bonds. The molecule has 0 radical (unpaired) electrons. The lowest BCUT2D eigenvalue weighted by atomic mass is 9.80. The van der Waals surface area contributed by atoms with E-state index in [2.05, 4.69) is 58.8 Å². The molecule has 5 rings (SSSR count). The number of aromatic amines is 1. The second-order valence-corrected chi connectivity index (χ2v) is 9.87. The van der Waals surface area contributed by atoms with Crippen molar-refractivity contribution in [2.45, 2.75) is 43.0 Å². The molecule has 0 bridgehead atoms. The van der Waals surface area contributed by atoms with Crippen LogP contribution in [-0.4, -0.2) is 28.0 Å². The van der Waals surface area contributed by atoms with Crippen LogP contribution in [0, 0.1) is 5.92 Å². The molecule has 1 aliphatic heterocycles. The van der Waals surface area contributed by atoms with Crippen molar-refractivity contribution in [1.29, 1.82) is 0 Å². The van der Waals surface area contributed by atoms with E-state index in [1.165, 1.54) is 46.1 Å². The van der Waals surface area contributed by atoms with Crippen molar-refractivity contribution in [3.63, 3.8) is 0 Å². The van der Waals surface area contributed by atoms with Crippen LogP contribution in [0.25, 0.3) is 16.5 Å². The fourth-order valence-corrected chi connectivity index (χ4v) is 5.62. The van der Waals surface area contributed by atoms with E-state index in [0.29, 0.717) is 12.0 Å². The zero-order valence-corrected chi connectivity index (χ0v) is 17.7. The molecule has 29 heavy (non-hydrogen) atoms. The standard InChI is InChI=1S/C25H28N2OS/c1-29(28)21-8-10-25-23(16-21)22-14-17(7-9-24(22)27-25)13-20-15-19(11-12-26-20)18-5-3-2-4-6-18/h2-6,8,10-11,16-17,20,26-27H,7,9,12-15H2,1H3. The quantitative estimate of drug-likeness (QED) is 0.653. The van der Waals surface area contributed by atoms with Gasteiger partial charge in [0.1, 0.15) is 0 Å². The molecule has 2 N–H and O–H groups in total. The second kappa shape index (κ2) is 7.92. The minimum absolute atomic E-state index is 0.547. The lowest BCUT2D eigenvalue weighted by Crippen LogP contribution is -2.35. The summed E-state index contributed by atoms with van der Waals surface area (Å²) in [6.07, 6.45) is 9.92. The van der Waals surface area contributed by atoms with Crippen LogP contribution in [0.1, 0.15) is 36.1 Å². The molecule has 0 spiro atoms. The van der Waals surface area contributed by atoms with E-state index < -0.39 is 10.8 Å². The maximum absolute atomic E-state index is 11.9. The van der Waals surface area contributed by atoms with Gasteiger partial charge in [-0.15, -0.1) is 0 Å². The van der Waals surface area contributed by atoms with Gasteiger partial charge in [-0.1, -0.05) is 36.4 Å². The van der Waals surface area contributed by atoms with Crippen LogP contribution in [0.5, 0.6) is 0 Å². The summed E-state index contributed by atoms with van der Waals surface area (Å²) < 4.78 is 11.9. The number of hydrogen-bond acceptors (Lipinski definition) is 2. The maximum atomic E-state index is 11.9. The zero-order chi connectivity index (χ0) is 19.8. The Morgan fingerprint density at radius 2 is 1.97 bits per heavy atom. The van der Waals surface area contributed by atoms with Gasteiger partial charge in [0.05, 0.1) is 0 Å². The Kier molecular flexibility index (Phi) is 5.15. The largest absolute Gasteiger partial charge is 0.358 e. The third kappa shape index (κ3) is 3.84. The third-order valence-corrected chi connectivity index (χ3v) is 7.49. The van der Waals surface area contributed by atoms with Gasteiger partial charge in [0.15, 0.2) is 0 Å². The number of benzene rings is 2. The first-order chi connectivity index (χ1) is 14.2. The molecule has 0 saturated heterocycles. The molecule has 2 aliphatic rings. The Balaban J connectivity index is 1.32. The summed E-state index contributed by atoms with van der Waals surface area (Å²) in [5.74, 6) is 0.699. The minimum Gasteiger partial charge on any atom is -0.358 e. The fourth-order valence-electron chi connectivity index (χ4n) is 5.08. The number of aryl methyl sites for hydroxylation is 1. The van der Waals surface area contributed by atoms with Gasteiger partial charge in [-0.05, 0) is 72.9 Å². The Morgan fingerprint density at radius 3 is 2.79 bits per heavy atom. The van der Waals surface area contributed by atoms with Crippen molar-refractivity contribution in [1.82, 2.24) is 10.3 Å². The molecule has 1 aliphatic carbocycles. The van der Waals surface area contributed by atoms with E-state index in [0.717, 1.165) is 30.7 Å². The monoisotopic (exact) mass is 404 g/mol. The van der Waals surface area contributed by atoms with Crippen molar-refractivity contribution >= 4 is 27.3 Å². The van der Waals surface area contributed by atoms with Crippen molar-refractivity contribution in [2.24, 2.45) is 5.92 Å². The molecule has 0 saturated carbocycles. The molecule has 0 fully saturated rings. The molecule has 2 aromatic carbocycles. The number of nitrogens with one attached hydrogen (secondary N) is 2. The van der Waals surface area contributed by atoms with Crippen LogP contribution in [-0.2, 0) is 23.6 Å². The van der Waals surface area contributed by atoms with Crippen LogP contribution in [0.3, 0.4) is 0 Å². The predicted octanol–water partition coefficient (Wildman–Crippen LogP) is 4.85. The van der Waals surface area contributed by atoms with Crippen LogP contribution in [0.2, 0.25) is 0 Å². The molecule has 3 aromatic rings. The molecule has 3 nitrogen and oxygen atoms in total. The van der Waals surface area contributed by atoms with Crippen LogP contribution < -0.4 is 5.32 Å². The molecule has 1 aromatic heterocycles. The molecule has 3 atom stereocenters. The molecular weight excluding hydrogens is 376 g/mol. The Hall–Kier alpha value is -2.17. The normalized spacial score (nSPS) is 22.9. The lowest BCUT2D eigenvalue weighted by Gasteiger charge is -2.30. The van der Waals surface area contributed by atoms with E-state index in [9.17, 15) is 4.21 Å². The second-order valence-electron chi connectivity index (χ2n) is 8.49. The molecule has 150 valence electrons. The number of fused-ring (bicyclic) bond motifs is 3. The van der Waals surface area contributed by atoms with E-state index in [1.54, 1.807) is 6.26 Å². The predicted molar refractivity (Wildman–Crippen MR) is 122 cm³/mol. The lowest BCUT2D eigenvalue weighted by molar-refractivity contribution is 0.356. The van der Waals surface area contributed by atoms with Crippen molar-refractivity contribution in [3.05, 3.63) is 71.4 Å². The maximum Gasteiger partial charge on any atom is 0.0498 e. The average Bonchev–Trinajstić information content (AvgIpc) is 3.12. The van der Waals surface area contributed by atoms with Gasteiger partial charge in [0, 0.05) is 51.1 Å². The van der Waals surface area contributed by atoms with Gasteiger partial charge in [-0.25, -0.2) is 0 Å². The first-order valence-corrected chi connectivity index (χ1v) is 12.2. The van der Waals surface area contributed by atoms with Crippen LogP contribution >= 0.6 is 0 Å². The van der Waals surface area contributed by atoms with Crippen molar-refractivity contribution in [2.75, 3.05) is 12.8 Å². The van der Waals surface area contributed by atoms with Gasteiger partial charge in [0.25, 0.3) is 0 Å². The van der Waals surface area contributed by atoms with Gasteiger partial charge >= 0.3 is 0 Å². The summed E-state index contributed by atoms with van der Waals surface area (Å²) in [5.41, 5.74) is 6.87. The Bertz CT molecular complexity index is 1080. The summed E-state index contributed by atoms with van der Waals surface area (Å²) in [6, 6.07) is 17.6. The molecule has 2 heterocycles. The van der Waals surface area contributed by atoms with Gasteiger partial charge < -0.3 is 10.3 Å². The summed E-state index contributed by atoms with van der Waals surface area (Å²) in [6.45, 7) is 0.964. The van der Waals surface area contributed by atoms with E-state index in [1.807, 2.05) is 6.07 Å². The highest BCUT2D eigenvalue weighted by Crippen LogP contribution is 2.35.